The molecule has 3 aromatic rings. The third-order valence-corrected chi connectivity index (χ3v) is 7.22. The maximum Gasteiger partial charge on any atom is 0.319 e. The third-order valence-electron chi connectivity index (χ3n) is 7.22. The number of benzene rings is 2. The van der Waals surface area contributed by atoms with Crippen molar-refractivity contribution in [1.29, 1.82) is 0 Å². The van der Waals surface area contributed by atoms with Gasteiger partial charge in [0.15, 0.2) is 0 Å². The number of primary amides is 1. The number of amides is 2. The molecule has 2 amide bonds. The minimum absolute atomic E-state index is 0.439. The van der Waals surface area contributed by atoms with E-state index in [4.69, 9.17) is 14.9 Å². The molecule has 5 rings (SSSR count). The summed E-state index contributed by atoms with van der Waals surface area (Å²) in [5.41, 5.74) is 9.84. The molecule has 0 unspecified atom stereocenters. The van der Waals surface area contributed by atoms with Crippen molar-refractivity contribution in [3.05, 3.63) is 54.3 Å². The second kappa shape index (κ2) is 11.0. The van der Waals surface area contributed by atoms with Gasteiger partial charge >= 0.3 is 6.03 Å². The van der Waals surface area contributed by atoms with Gasteiger partial charge in [0.25, 0.3) is 0 Å². The normalized spacial score (nSPS) is 16.9. The lowest BCUT2D eigenvalue weighted by Gasteiger charge is -2.26. The maximum absolute atomic E-state index is 12.2. The van der Waals surface area contributed by atoms with Gasteiger partial charge in [-0.25, -0.2) is 4.79 Å². The van der Waals surface area contributed by atoms with Crippen LogP contribution in [0, 0.1) is 0 Å². The first-order chi connectivity index (χ1) is 17.2. The summed E-state index contributed by atoms with van der Waals surface area (Å²) in [4.78, 5) is 18.8. The highest BCUT2D eigenvalue weighted by Crippen LogP contribution is 2.35. The molecule has 7 nitrogen and oxygen atoms in total. The van der Waals surface area contributed by atoms with E-state index < -0.39 is 6.03 Å². The lowest BCUT2D eigenvalue weighted by molar-refractivity contribution is 0.253. The fraction of sp³-hybridized carbons (Fsp3) is 0.464. The maximum atomic E-state index is 12.2. The Morgan fingerprint density at radius 2 is 1.89 bits per heavy atom. The number of aryl methyl sites for hydroxylation is 1. The highest BCUT2D eigenvalue weighted by atomic mass is 16.5. The highest BCUT2D eigenvalue weighted by Gasteiger charge is 2.21. The molecule has 3 heterocycles. The molecule has 0 radical (unpaired) electrons. The van der Waals surface area contributed by atoms with Crippen molar-refractivity contribution >= 4 is 28.4 Å². The third kappa shape index (κ3) is 5.40. The van der Waals surface area contributed by atoms with E-state index in [0.29, 0.717) is 6.54 Å². The number of para-hydroxylation sites is 2. The van der Waals surface area contributed by atoms with E-state index in [0.717, 1.165) is 93.8 Å². The Balaban J connectivity index is 1.14. The van der Waals surface area contributed by atoms with Crippen LogP contribution in [0.1, 0.15) is 37.7 Å². The minimum Gasteiger partial charge on any atom is -0.491 e. The van der Waals surface area contributed by atoms with Gasteiger partial charge in [0.05, 0.1) is 18.0 Å². The average Bonchev–Trinajstić information content (AvgIpc) is 3.02. The number of ether oxygens (including phenoxy) is 1. The summed E-state index contributed by atoms with van der Waals surface area (Å²) in [5.74, 6) is 1.11. The molecule has 2 aromatic carbocycles. The number of hydrogen-bond acceptors (Lipinski definition) is 5. The van der Waals surface area contributed by atoms with E-state index in [1.165, 1.54) is 17.7 Å². The summed E-state index contributed by atoms with van der Waals surface area (Å²) in [7, 11) is 0. The van der Waals surface area contributed by atoms with Gasteiger partial charge in [0, 0.05) is 31.6 Å². The van der Waals surface area contributed by atoms with E-state index in [-0.39, 0.29) is 0 Å². The van der Waals surface area contributed by atoms with Crippen LogP contribution in [0.3, 0.4) is 0 Å². The molecule has 0 saturated carbocycles. The lowest BCUT2D eigenvalue weighted by Crippen LogP contribution is -2.37. The molecule has 1 aromatic heterocycles. The first-order valence-corrected chi connectivity index (χ1v) is 13.0. The minimum atomic E-state index is -0.439. The van der Waals surface area contributed by atoms with Crippen LogP contribution in [0.25, 0.3) is 11.0 Å². The number of hydrogen-bond donors (Lipinski definition) is 1. The molecular weight excluding hydrogens is 440 g/mol. The van der Waals surface area contributed by atoms with Gasteiger partial charge in [-0.3, -0.25) is 4.90 Å². The van der Waals surface area contributed by atoms with Gasteiger partial charge in [-0.1, -0.05) is 24.3 Å². The average molecular weight is 477 g/mol. The van der Waals surface area contributed by atoms with Gasteiger partial charge in [0.1, 0.15) is 17.6 Å². The Labute approximate surface area is 207 Å². The number of furan rings is 1. The molecule has 2 aliphatic heterocycles. The first kappa shape index (κ1) is 23.5. The second-order valence-corrected chi connectivity index (χ2v) is 9.57. The monoisotopic (exact) mass is 476 g/mol. The van der Waals surface area contributed by atoms with Gasteiger partial charge in [0.2, 0.25) is 0 Å². The smallest absolute Gasteiger partial charge is 0.319 e. The van der Waals surface area contributed by atoms with Crippen LogP contribution in [-0.4, -0.2) is 56.8 Å². The lowest BCUT2D eigenvalue weighted by atomic mass is 10.1. The van der Waals surface area contributed by atoms with Crippen LogP contribution in [0.5, 0.6) is 5.75 Å². The van der Waals surface area contributed by atoms with Crippen molar-refractivity contribution in [3.63, 3.8) is 0 Å². The number of anilines is 2. The molecule has 0 aliphatic carbocycles. The highest BCUT2D eigenvalue weighted by molar-refractivity contribution is 6.01. The number of rotatable bonds is 7. The molecule has 7 heteroatoms. The van der Waals surface area contributed by atoms with Gasteiger partial charge < -0.3 is 24.7 Å². The van der Waals surface area contributed by atoms with Crippen molar-refractivity contribution in [1.82, 2.24) is 4.90 Å². The molecule has 2 aliphatic rings. The van der Waals surface area contributed by atoms with Crippen molar-refractivity contribution in [2.24, 2.45) is 5.73 Å². The fourth-order valence-electron chi connectivity index (χ4n) is 5.34. The number of nitrogens with zero attached hydrogens (tertiary/aromatic N) is 3. The van der Waals surface area contributed by atoms with E-state index in [9.17, 15) is 4.79 Å². The van der Waals surface area contributed by atoms with Crippen LogP contribution < -0.4 is 20.3 Å². The predicted molar refractivity (Wildman–Crippen MR) is 141 cm³/mol. The SMILES string of the molecule is NC(=O)N(CCCCN1CCCN(c2cccc3c2OCCCC3)CC1)c1coc2ccccc12. The quantitative estimate of drug-likeness (QED) is 0.485. The molecule has 0 spiro atoms. The molecule has 35 heavy (non-hydrogen) atoms. The van der Waals surface area contributed by atoms with Crippen molar-refractivity contribution < 1.29 is 13.9 Å². The summed E-state index contributed by atoms with van der Waals surface area (Å²) in [5, 5.41) is 0.918. The summed E-state index contributed by atoms with van der Waals surface area (Å²) < 4.78 is 11.8. The van der Waals surface area contributed by atoms with E-state index in [2.05, 4.69) is 28.0 Å². The topological polar surface area (TPSA) is 75.2 Å². The Morgan fingerprint density at radius 1 is 0.971 bits per heavy atom. The summed E-state index contributed by atoms with van der Waals surface area (Å²) >= 11 is 0. The van der Waals surface area contributed by atoms with E-state index in [1.54, 1.807) is 11.2 Å². The number of carbonyl (C=O) groups excluding carboxylic acids is 1. The summed E-state index contributed by atoms with van der Waals surface area (Å²) in [6.07, 6.45) is 8.12. The fourth-order valence-corrected chi connectivity index (χ4v) is 5.34. The second-order valence-electron chi connectivity index (χ2n) is 9.57. The Hall–Kier alpha value is -3.19. The molecule has 0 bridgehead atoms. The van der Waals surface area contributed by atoms with Crippen LogP contribution >= 0.6 is 0 Å². The Morgan fingerprint density at radius 3 is 2.80 bits per heavy atom. The number of nitrogens with two attached hydrogens (primary N) is 1. The van der Waals surface area contributed by atoms with Crippen molar-refractivity contribution in [3.8, 4) is 5.75 Å². The van der Waals surface area contributed by atoms with Gasteiger partial charge in [-0.05, 0) is 75.4 Å². The van der Waals surface area contributed by atoms with E-state index >= 15 is 0 Å². The predicted octanol–water partition coefficient (Wildman–Crippen LogP) is 5.03. The molecule has 1 fully saturated rings. The Bertz CT molecular complexity index is 1140. The van der Waals surface area contributed by atoms with Gasteiger partial charge in [-0.15, -0.1) is 0 Å². The zero-order valence-corrected chi connectivity index (χ0v) is 20.5. The number of unbranched alkanes of at least 4 members (excludes halogenated alkanes) is 1. The summed E-state index contributed by atoms with van der Waals surface area (Å²) in [6.45, 7) is 6.63. The zero-order valence-electron chi connectivity index (χ0n) is 20.5. The molecule has 186 valence electrons. The molecule has 1 saturated heterocycles. The number of fused-ring (bicyclic) bond motifs is 2. The van der Waals surface area contributed by atoms with E-state index in [1.807, 2.05) is 24.3 Å². The largest absolute Gasteiger partial charge is 0.491 e. The van der Waals surface area contributed by atoms with Crippen LogP contribution in [0.2, 0.25) is 0 Å². The number of urea groups is 1. The molecule has 2 N–H and O–H groups in total. The first-order valence-electron chi connectivity index (χ1n) is 13.0. The van der Waals surface area contributed by atoms with Crippen molar-refractivity contribution in [2.45, 2.75) is 38.5 Å². The summed E-state index contributed by atoms with van der Waals surface area (Å²) in [6, 6.07) is 13.9. The van der Waals surface area contributed by atoms with Crippen LogP contribution in [0.15, 0.2) is 53.1 Å². The standard InChI is InChI=1S/C28H36N4O3/c29-28(33)32(25-21-35-26-13-2-1-11-23(25)26)17-5-4-14-30-15-8-16-31(19-18-30)24-12-7-10-22-9-3-6-20-34-27(22)24/h1-2,7,10-13,21H,3-6,8-9,14-20H2,(H2,29,33). The Kier molecular flexibility index (Phi) is 7.42. The zero-order chi connectivity index (χ0) is 24.0. The van der Waals surface area contributed by atoms with Crippen molar-refractivity contribution in [2.75, 3.05) is 55.7 Å². The van der Waals surface area contributed by atoms with Crippen LogP contribution in [-0.2, 0) is 6.42 Å². The molecule has 0 atom stereocenters. The molecular formula is C28H36N4O3. The van der Waals surface area contributed by atoms with Crippen LogP contribution in [0.4, 0.5) is 16.2 Å². The van der Waals surface area contributed by atoms with Gasteiger partial charge in [-0.2, -0.15) is 0 Å². The number of carbonyl (C=O) groups is 1.